The van der Waals surface area contributed by atoms with Gasteiger partial charge in [-0.05, 0) is 31.5 Å². The van der Waals surface area contributed by atoms with Crippen LogP contribution >= 0.6 is 0 Å². The minimum Gasteiger partial charge on any atom is -0.493 e. The maximum absolute atomic E-state index is 13.1. The summed E-state index contributed by atoms with van der Waals surface area (Å²) in [5.74, 6) is 2.17. The third-order valence-corrected chi connectivity index (χ3v) is 6.76. The molecule has 2 aromatic carbocycles. The maximum Gasteiger partial charge on any atom is 0.416 e. The standard InChI is InChI=1S/C28H28F3N7O3/c1-15-22(16(2)37(3)36-15)25-34-26(33-19-11-20(39-4)24(41-6)21(12-19)40-5)23-27(35-25)38(14-32-23)13-17-7-9-18(10-8-17)28(29,30)31/h7-12,14H,13H2,1-6H3,(H,33,34,35). The molecular weight excluding hydrogens is 539 g/mol. The van der Waals surface area contributed by atoms with Gasteiger partial charge in [0.1, 0.15) is 0 Å². The van der Waals surface area contributed by atoms with Crippen LogP contribution in [0.3, 0.4) is 0 Å². The minimum absolute atomic E-state index is 0.250. The lowest BCUT2D eigenvalue weighted by atomic mass is 10.1. The number of ether oxygens (including phenoxy) is 3. The summed E-state index contributed by atoms with van der Waals surface area (Å²) in [5, 5.41) is 7.82. The number of aromatic nitrogens is 6. The second-order valence-electron chi connectivity index (χ2n) is 9.34. The number of nitrogens with one attached hydrogen (secondary N) is 1. The Morgan fingerprint density at radius 3 is 2.12 bits per heavy atom. The van der Waals surface area contributed by atoms with Crippen LogP contribution in [0.15, 0.2) is 42.7 Å². The van der Waals surface area contributed by atoms with Gasteiger partial charge in [0.05, 0.1) is 51.0 Å². The lowest BCUT2D eigenvalue weighted by Gasteiger charge is -2.15. The van der Waals surface area contributed by atoms with E-state index in [-0.39, 0.29) is 6.54 Å². The molecule has 0 unspecified atom stereocenters. The molecule has 5 rings (SSSR count). The molecule has 3 aromatic heterocycles. The van der Waals surface area contributed by atoms with Crippen molar-refractivity contribution < 1.29 is 27.4 Å². The van der Waals surface area contributed by atoms with Crippen molar-refractivity contribution in [3.63, 3.8) is 0 Å². The fourth-order valence-electron chi connectivity index (χ4n) is 4.64. The molecule has 0 fully saturated rings. The number of benzene rings is 2. The number of imidazole rings is 1. The van der Waals surface area contributed by atoms with E-state index in [9.17, 15) is 13.2 Å². The predicted octanol–water partition coefficient (Wildman–Crippen LogP) is 5.68. The molecule has 0 aliphatic heterocycles. The van der Waals surface area contributed by atoms with Gasteiger partial charge in [0.2, 0.25) is 5.75 Å². The summed E-state index contributed by atoms with van der Waals surface area (Å²) in [6.45, 7) is 4.05. The number of alkyl halides is 3. The van der Waals surface area contributed by atoms with E-state index < -0.39 is 11.7 Å². The van der Waals surface area contributed by atoms with Crippen molar-refractivity contribution in [3.05, 3.63) is 65.2 Å². The molecule has 10 nitrogen and oxygen atoms in total. The van der Waals surface area contributed by atoms with Crippen LogP contribution in [0.25, 0.3) is 22.6 Å². The number of methoxy groups -OCH3 is 3. The third kappa shape index (κ3) is 5.22. The molecule has 0 amide bonds. The first-order chi connectivity index (χ1) is 19.5. The number of hydrogen-bond donors (Lipinski definition) is 1. The number of nitrogens with zero attached hydrogens (tertiary/aromatic N) is 6. The Morgan fingerprint density at radius 2 is 1.59 bits per heavy atom. The molecule has 41 heavy (non-hydrogen) atoms. The molecular formula is C28H28F3N7O3. The molecule has 0 aliphatic rings. The second-order valence-corrected chi connectivity index (χ2v) is 9.34. The molecule has 0 radical (unpaired) electrons. The Labute approximate surface area is 233 Å². The molecule has 13 heteroatoms. The van der Waals surface area contributed by atoms with Crippen LogP contribution in [0.5, 0.6) is 17.2 Å². The summed E-state index contributed by atoms with van der Waals surface area (Å²) in [5.41, 5.74) is 3.89. The number of anilines is 2. The normalized spacial score (nSPS) is 11.6. The largest absolute Gasteiger partial charge is 0.493 e. The zero-order valence-corrected chi connectivity index (χ0v) is 23.3. The van der Waals surface area contributed by atoms with Crippen LogP contribution in [-0.2, 0) is 19.8 Å². The highest BCUT2D eigenvalue weighted by Crippen LogP contribution is 2.41. The van der Waals surface area contributed by atoms with Crippen molar-refractivity contribution in [1.29, 1.82) is 0 Å². The lowest BCUT2D eigenvalue weighted by Crippen LogP contribution is -2.06. The van der Waals surface area contributed by atoms with Gasteiger partial charge in [-0.15, -0.1) is 0 Å². The van der Waals surface area contributed by atoms with E-state index in [1.807, 2.05) is 20.9 Å². The van der Waals surface area contributed by atoms with Gasteiger partial charge < -0.3 is 24.1 Å². The summed E-state index contributed by atoms with van der Waals surface area (Å²) >= 11 is 0. The van der Waals surface area contributed by atoms with Crippen LogP contribution in [-0.4, -0.2) is 50.6 Å². The SMILES string of the molecule is COc1cc(Nc2nc(-c3c(C)nn(C)c3C)nc3c2ncn3Cc2ccc(C(F)(F)F)cc2)cc(OC)c1OC. The van der Waals surface area contributed by atoms with E-state index in [1.54, 1.807) is 27.7 Å². The van der Waals surface area contributed by atoms with Crippen molar-refractivity contribution >= 4 is 22.7 Å². The van der Waals surface area contributed by atoms with Crippen LogP contribution in [0.2, 0.25) is 0 Å². The Morgan fingerprint density at radius 1 is 0.927 bits per heavy atom. The van der Waals surface area contributed by atoms with E-state index in [0.717, 1.165) is 29.1 Å². The number of rotatable bonds is 8. The van der Waals surface area contributed by atoms with E-state index >= 15 is 0 Å². The van der Waals surface area contributed by atoms with Gasteiger partial charge in [-0.25, -0.2) is 15.0 Å². The zero-order chi connectivity index (χ0) is 29.5. The molecule has 0 saturated carbocycles. The van der Waals surface area contributed by atoms with Gasteiger partial charge in [-0.1, -0.05) is 12.1 Å². The van der Waals surface area contributed by atoms with E-state index in [0.29, 0.717) is 51.3 Å². The van der Waals surface area contributed by atoms with Crippen LogP contribution in [0.4, 0.5) is 24.7 Å². The summed E-state index contributed by atoms with van der Waals surface area (Å²) < 4.78 is 59.2. The predicted molar refractivity (Wildman–Crippen MR) is 147 cm³/mol. The number of fused-ring (bicyclic) bond motifs is 1. The first-order valence-electron chi connectivity index (χ1n) is 12.5. The lowest BCUT2D eigenvalue weighted by molar-refractivity contribution is -0.137. The molecule has 3 heterocycles. The van der Waals surface area contributed by atoms with Gasteiger partial charge >= 0.3 is 6.18 Å². The molecule has 0 bridgehead atoms. The Balaban J connectivity index is 1.63. The van der Waals surface area contributed by atoms with Crippen molar-refractivity contribution in [1.82, 2.24) is 29.3 Å². The highest BCUT2D eigenvalue weighted by molar-refractivity contribution is 5.88. The molecule has 1 N–H and O–H groups in total. The monoisotopic (exact) mass is 567 g/mol. The molecule has 5 aromatic rings. The van der Waals surface area contributed by atoms with Gasteiger partial charge in [-0.2, -0.15) is 18.3 Å². The average molecular weight is 568 g/mol. The van der Waals surface area contributed by atoms with Crippen molar-refractivity contribution in [2.75, 3.05) is 26.6 Å². The topological polar surface area (TPSA) is 101 Å². The molecule has 0 saturated heterocycles. The Kier molecular flexibility index (Phi) is 7.20. The number of hydrogen-bond acceptors (Lipinski definition) is 8. The molecule has 0 spiro atoms. The molecule has 0 atom stereocenters. The molecule has 0 aliphatic carbocycles. The smallest absolute Gasteiger partial charge is 0.416 e. The van der Waals surface area contributed by atoms with Crippen molar-refractivity contribution in [2.24, 2.45) is 7.05 Å². The van der Waals surface area contributed by atoms with E-state index in [1.165, 1.54) is 33.5 Å². The average Bonchev–Trinajstić information content (AvgIpc) is 3.46. The highest BCUT2D eigenvalue weighted by Gasteiger charge is 2.30. The quantitative estimate of drug-likeness (QED) is 0.256. The minimum atomic E-state index is -4.41. The first-order valence-corrected chi connectivity index (χ1v) is 12.5. The Bertz CT molecular complexity index is 1700. The van der Waals surface area contributed by atoms with Gasteiger partial charge in [-0.3, -0.25) is 4.68 Å². The number of aryl methyl sites for hydroxylation is 2. The second kappa shape index (κ2) is 10.6. The van der Waals surface area contributed by atoms with Gasteiger partial charge in [0.15, 0.2) is 34.3 Å². The fraction of sp³-hybridized carbons (Fsp3) is 0.286. The van der Waals surface area contributed by atoms with Gasteiger partial charge in [0.25, 0.3) is 0 Å². The van der Waals surface area contributed by atoms with E-state index in [4.69, 9.17) is 24.2 Å². The Hall–Kier alpha value is -4.81. The van der Waals surface area contributed by atoms with E-state index in [2.05, 4.69) is 15.4 Å². The summed E-state index contributed by atoms with van der Waals surface area (Å²) in [6, 6.07) is 8.51. The first kappa shape index (κ1) is 27.7. The number of halogens is 3. The van der Waals surface area contributed by atoms with Crippen LogP contribution < -0.4 is 19.5 Å². The van der Waals surface area contributed by atoms with Crippen LogP contribution in [0, 0.1) is 13.8 Å². The highest BCUT2D eigenvalue weighted by atomic mass is 19.4. The summed E-state index contributed by atoms with van der Waals surface area (Å²) in [6.07, 6.45) is -2.82. The van der Waals surface area contributed by atoms with Crippen molar-refractivity contribution in [3.8, 4) is 28.6 Å². The summed E-state index contributed by atoms with van der Waals surface area (Å²) in [7, 11) is 6.42. The van der Waals surface area contributed by atoms with Crippen molar-refractivity contribution in [2.45, 2.75) is 26.6 Å². The fourth-order valence-corrected chi connectivity index (χ4v) is 4.64. The summed E-state index contributed by atoms with van der Waals surface area (Å²) in [4.78, 5) is 14.2. The molecule has 214 valence electrons. The van der Waals surface area contributed by atoms with Crippen LogP contribution in [0.1, 0.15) is 22.5 Å². The maximum atomic E-state index is 13.1. The zero-order valence-electron chi connectivity index (χ0n) is 23.3. The van der Waals surface area contributed by atoms with Gasteiger partial charge in [0, 0.05) is 30.6 Å². The third-order valence-electron chi connectivity index (χ3n) is 6.76.